The van der Waals surface area contributed by atoms with E-state index >= 15 is 0 Å². The summed E-state index contributed by atoms with van der Waals surface area (Å²) in [4.78, 5) is 17.4. The van der Waals surface area contributed by atoms with Gasteiger partial charge in [-0.3, -0.25) is 4.79 Å². The maximum Gasteiger partial charge on any atom is 0.212 e. The largest absolute Gasteiger partial charge is 0.369 e. The molecular weight excluding hydrogens is 378 g/mol. The highest BCUT2D eigenvalue weighted by molar-refractivity contribution is 9.13. The summed E-state index contributed by atoms with van der Waals surface area (Å²) in [5, 5.41) is 2.64. The molecule has 0 aromatic carbocycles. The van der Waals surface area contributed by atoms with E-state index in [9.17, 15) is 4.79 Å². The number of nitrogens with one attached hydrogen (secondary N) is 2. The molecule has 8 heteroatoms. The molecule has 0 spiro atoms. The van der Waals surface area contributed by atoms with E-state index < -0.39 is 0 Å². The van der Waals surface area contributed by atoms with E-state index in [-0.39, 0.29) is 0 Å². The number of nitrogens with two attached hydrogens (primary N) is 1. The number of anilines is 2. The number of imidazole rings is 1. The molecule has 0 radical (unpaired) electrons. The van der Waals surface area contributed by atoms with Crippen LogP contribution >= 0.6 is 31.9 Å². The van der Waals surface area contributed by atoms with Crippen LogP contribution in [0.15, 0.2) is 27.4 Å². The van der Waals surface area contributed by atoms with E-state index in [1.807, 2.05) is 22.8 Å². The molecule has 0 aliphatic heterocycles. The van der Waals surface area contributed by atoms with Crippen molar-refractivity contribution in [1.29, 1.82) is 0 Å². The highest BCUT2D eigenvalue weighted by Gasteiger charge is 2.09. The predicted octanol–water partition coefficient (Wildman–Crippen LogP) is 2.60. The smallest absolute Gasteiger partial charge is 0.212 e. The summed E-state index contributed by atoms with van der Waals surface area (Å²) in [6.07, 6.45) is 6.13. The van der Waals surface area contributed by atoms with Crippen molar-refractivity contribution in [3.05, 3.63) is 33.1 Å². The Morgan fingerprint density at radius 3 is 2.95 bits per heavy atom. The van der Waals surface area contributed by atoms with Gasteiger partial charge in [-0.25, -0.2) is 4.98 Å². The molecule has 0 unspecified atom stereocenters. The number of aromatic nitrogens is 3. The van der Waals surface area contributed by atoms with Gasteiger partial charge < -0.3 is 20.6 Å². The number of nitrogens with zero attached hydrogens (tertiary/aromatic N) is 2. The maximum absolute atomic E-state index is 10.5. The van der Waals surface area contributed by atoms with Crippen LogP contribution < -0.4 is 11.1 Å². The Morgan fingerprint density at radius 2 is 2.32 bits per heavy atom. The Bertz CT molecular complexity index is 617. The zero-order valence-corrected chi connectivity index (χ0v) is 12.9. The zero-order valence-electron chi connectivity index (χ0n) is 9.73. The number of nitrogen functional groups attached to an aromatic ring is 1. The monoisotopic (exact) mass is 387 g/mol. The lowest BCUT2D eigenvalue weighted by atomic mass is 10.4. The van der Waals surface area contributed by atoms with Gasteiger partial charge in [-0.1, -0.05) is 6.08 Å². The molecule has 2 aromatic heterocycles. The van der Waals surface area contributed by atoms with Gasteiger partial charge in [0.15, 0.2) is 5.95 Å². The van der Waals surface area contributed by atoms with Crippen LogP contribution in [0.1, 0.15) is 5.69 Å². The molecule has 19 heavy (non-hydrogen) atoms. The lowest BCUT2D eigenvalue weighted by Gasteiger charge is -2.06. The van der Waals surface area contributed by atoms with Crippen molar-refractivity contribution in [3.63, 3.8) is 0 Å². The van der Waals surface area contributed by atoms with E-state index in [0.717, 1.165) is 14.8 Å². The fourth-order valence-electron chi connectivity index (χ4n) is 1.57. The first-order valence-corrected chi connectivity index (χ1v) is 6.92. The van der Waals surface area contributed by atoms with Gasteiger partial charge in [-0.2, -0.15) is 0 Å². The Hall–Kier alpha value is -1.54. The van der Waals surface area contributed by atoms with Crippen molar-refractivity contribution in [2.45, 2.75) is 6.54 Å². The molecule has 0 aliphatic rings. The van der Waals surface area contributed by atoms with Gasteiger partial charge in [0.25, 0.3) is 0 Å². The van der Waals surface area contributed by atoms with E-state index in [2.05, 4.69) is 47.1 Å². The second-order valence-corrected chi connectivity index (χ2v) is 5.26. The van der Waals surface area contributed by atoms with Gasteiger partial charge in [0.05, 0.1) is 10.2 Å². The summed E-state index contributed by atoms with van der Waals surface area (Å²) >= 11 is 6.84. The molecular formula is C11H11Br2N5O. The summed E-state index contributed by atoms with van der Waals surface area (Å²) in [5.41, 5.74) is 6.24. The topological polar surface area (TPSA) is 88.7 Å². The number of amides is 1. The number of hydrogen-bond donors (Lipinski definition) is 3. The number of halogens is 2. The summed E-state index contributed by atoms with van der Waals surface area (Å²) in [6, 6.07) is 1.82. The average molecular weight is 389 g/mol. The van der Waals surface area contributed by atoms with Gasteiger partial charge >= 0.3 is 0 Å². The Balaban J connectivity index is 2.14. The normalized spacial score (nSPS) is 11.1. The van der Waals surface area contributed by atoms with Crippen LogP contribution in [-0.2, 0) is 11.3 Å². The fourth-order valence-corrected chi connectivity index (χ4v) is 2.45. The fraction of sp³-hybridized carbons (Fsp3) is 0.0909. The highest BCUT2D eigenvalue weighted by atomic mass is 79.9. The maximum atomic E-state index is 10.5. The summed E-state index contributed by atoms with van der Waals surface area (Å²) in [5.74, 6) is 1.08. The molecule has 1 amide bonds. The average Bonchev–Trinajstić information content (AvgIpc) is 2.89. The molecule has 0 fully saturated rings. The minimum atomic E-state index is 0.382. The summed E-state index contributed by atoms with van der Waals surface area (Å²) < 4.78 is 3.61. The van der Waals surface area contributed by atoms with Crippen LogP contribution in [0, 0.1) is 0 Å². The molecule has 0 saturated carbocycles. The van der Waals surface area contributed by atoms with E-state index in [1.165, 1.54) is 0 Å². The number of H-pyrrole nitrogens is 1. The first kappa shape index (κ1) is 13.9. The third kappa shape index (κ3) is 3.27. The molecule has 0 bridgehead atoms. The highest BCUT2D eigenvalue weighted by Crippen LogP contribution is 2.30. The number of rotatable bonds is 5. The number of carbonyl (C=O) groups excluding carboxylic acids is 1. The lowest BCUT2D eigenvalue weighted by Crippen LogP contribution is -2.03. The number of carbonyl (C=O) groups is 1. The number of aromatic amines is 1. The minimum absolute atomic E-state index is 0.382. The van der Waals surface area contributed by atoms with Crippen LogP contribution in [0.2, 0.25) is 0 Å². The van der Waals surface area contributed by atoms with Crippen LogP contribution in [0.4, 0.5) is 11.8 Å². The second kappa shape index (κ2) is 6.07. The first-order valence-electron chi connectivity index (χ1n) is 5.34. The molecule has 100 valence electrons. The number of hydrogen-bond acceptors (Lipinski definition) is 3. The van der Waals surface area contributed by atoms with Gasteiger partial charge in [-0.05, 0) is 44.0 Å². The van der Waals surface area contributed by atoms with Gasteiger partial charge in [0.2, 0.25) is 6.41 Å². The molecule has 6 nitrogen and oxygen atoms in total. The van der Waals surface area contributed by atoms with Crippen molar-refractivity contribution >= 4 is 56.1 Å². The minimum Gasteiger partial charge on any atom is -0.369 e. The van der Waals surface area contributed by atoms with Crippen LogP contribution in [0.5, 0.6) is 0 Å². The van der Waals surface area contributed by atoms with Crippen LogP contribution in [-0.4, -0.2) is 20.9 Å². The Kier molecular flexibility index (Phi) is 4.43. The van der Waals surface area contributed by atoms with Crippen molar-refractivity contribution in [2.24, 2.45) is 0 Å². The van der Waals surface area contributed by atoms with Crippen molar-refractivity contribution in [3.8, 4) is 0 Å². The Morgan fingerprint density at radius 1 is 1.53 bits per heavy atom. The van der Waals surface area contributed by atoms with Crippen LogP contribution in [0.25, 0.3) is 6.08 Å². The first-order chi connectivity index (χ1) is 9.11. The third-order valence-corrected chi connectivity index (χ3v) is 4.38. The van der Waals surface area contributed by atoms with Gasteiger partial charge in [0.1, 0.15) is 10.4 Å². The summed E-state index contributed by atoms with van der Waals surface area (Å²) in [7, 11) is 0. The molecule has 0 saturated heterocycles. The lowest BCUT2D eigenvalue weighted by molar-refractivity contribution is -0.105. The van der Waals surface area contributed by atoms with E-state index in [1.54, 1.807) is 6.20 Å². The second-order valence-electron chi connectivity index (χ2n) is 3.65. The standard InChI is InChI=1S/C11H11Br2N5O/c12-8-4-9(16-6-19)18(10(8)13)3-1-2-7-5-15-11(14)17-7/h1-2,4-6H,3H2,(H,16,19)(H3,14,15,17). The Labute approximate surface area is 126 Å². The third-order valence-electron chi connectivity index (χ3n) is 2.39. The molecule has 2 heterocycles. The van der Waals surface area contributed by atoms with Crippen LogP contribution in [0.3, 0.4) is 0 Å². The molecule has 2 aromatic rings. The number of allylic oxidation sites excluding steroid dienone is 1. The molecule has 0 atom stereocenters. The molecule has 0 aliphatic carbocycles. The van der Waals surface area contributed by atoms with Crippen molar-refractivity contribution in [1.82, 2.24) is 14.5 Å². The van der Waals surface area contributed by atoms with Crippen molar-refractivity contribution in [2.75, 3.05) is 11.1 Å². The van der Waals surface area contributed by atoms with E-state index in [0.29, 0.717) is 24.7 Å². The molecule has 4 N–H and O–H groups in total. The zero-order chi connectivity index (χ0) is 13.8. The van der Waals surface area contributed by atoms with Crippen molar-refractivity contribution < 1.29 is 4.79 Å². The molecule has 2 rings (SSSR count). The van der Waals surface area contributed by atoms with Gasteiger partial charge in [-0.15, -0.1) is 0 Å². The van der Waals surface area contributed by atoms with Gasteiger partial charge in [0, 0.05) is 12.7 Å². The quantitative estimate of drug-likeness (QED) is 0.687. The summed E-state index contributed by atoms with van der Waals surface area (Å²) in [6.45, 7) is 0.578. The SMILES string of the molecule is Nc1nc(C=CCn2c(NC=O)cc(Br)c2Br)c[nH]1. The van der Waals surface area contributed by atoms with E-state index in [4.69, 9.17) is 5.73 Å². The predicted molar refractivity (Wildman–Crippen MR) is 81.6 cm³/mol.